The van der Waals surface area contributed by atoms with Crippen LogP contribution in [-0.2, 0) is 0 Å². The Morgan fingerprint density at radius 3 is 2.18 bits per heavy atom. The van der Waals surface area contributed by atoms with E-state index in [0.29, 0.717) is 12.8 Å². The first kappa shape index (κ1) is 12.0. The minimum absolute atomic E-state index is 0.144. The Morgan fingerprint density at radius 2 is 1.71 bits per heavy atom. The Morgan fingerprint density at radius 1 is 1.18 bits per heavy atom. The Labute approximate surface area is 98.5 Å². The van der Waals surface area contributed by atoms with Gasteiger partial charge in [0.1, 0.15) is 11.6 Å². The third kappa shape index (κ3) is 2.16. The normalized spacial score (nSPS) is 19.9. The van der Waals surface area contributed by atoms with E-state index >= 15 is 0 Å². The van der Waals surface area contributed by atoms with Crippen molar-refractivity contribution >= 4 is 0 Å². The van der Waals surface area contributed by atoms with Gasteiger partial charge >= 0.3 is 0 Å². The summed E-state index contributed by atoms with van der Waals surface area (Å²) in [6.45, 7) is 0. The molecule has 1 unspecified atom stereocenters. The molecule has 0 aliphatic heterocycles. The zero-order valence-electron chi connectivity index (χ0n) is 9.29. The fourth-order valence-corrected chi connectivity index (χ4v) is 2.50. The topological polar surface area (TPSA) is 44.0 Å². The fraction of sp³-hybridized carbons (Fsp3) is 0.462. The molecule has 1 aromatic carbocycles. The van der Waals surface area contributed by atoms with Gasteiger partial charge in [0.2, 0.25) is 0 Å². The van der Waals surface area contributed by atoms with Crippen LogP contribution in [-0.4, -0.2) is 5.11 Å². The zero-order valence-corrected chi connectivity index (χ0v) is 9.29. The second-order valence-corrected chi connectivity index (χ2v) is 4.58. The molecular formula is C13H13F2NO. The molecule has 0 aromatic heterocycles. The number of aliphatic hydroxyl groups excluding tert-OH is 1. The van der Waals surface area contributed by atoms with Crippen molar-refractivity contribution in [2.45, 2.75) is 31.8 Å². The smallest absolute Gasteiger partial charge is 0.126 e. The summed E-state index contributed by atoms with van der Waals surface area (Å²) in [5.41, 5.74) is -0.744. The molecule has 2 rings (SSSR count). The fourth-order valence-electron chi connectivity index (χ4n) is 2.50. The van der Waals surface area contributed by atoms with Crippen molar-refractivity contribution in [3.63, 3.8) is 0 Å². The Kier molecular flexibility index (Phi) is 3.12. The lowest BCUT2D eigenvalue weighted by Gasteiger charge is -2.27. The van der Waals surface area contributed by atoms with Crippen molar-refractivity contribution in [1.29, 1.82) is 5.26 Å². The number of benzene rings is 1. The van der Waals surface area contributed by atoms with Gasteiger partial charge in [0.15, 0.2) is 0 Å². The van der Waals surface area contributed by atoms with Gasteiger partial charge in [0.05, 0.1) is 17.6 Å². The van der Waals surface area contributed by atoms with Gasteiger partial charge in [-0.1, -0.05) is 12.8 Å². The molecule has 0 heterocycles. The molecule has 1 saturated carbocycles. The van der Waals surface area contributed by atoms with Crippen LogP contribution in [0.5, 0.6) is 0 Å². The second-order valence-electron chi connectivity index (χ2n) is 4.58. The SMILES string of the molecule is N#CC1(C(O)c2cc(F)cc(F)c2)CCCC1. The van der Waals surface area contributed by atoms with E-state index in [9.17, 15) is 19.1 Å². The quantitative estimate of drug-likeness (QED) is 0.859. The Hall–Kier alpha value is -1.47. The van der Waals surface area contributed by atoms with Crippen molar-refractivity contribution in [3.8, 4) is 6.07 Å². The van der Waals surface area contributed by atoms with E-state index in [-0.39, 0.29) is 5.56 Å². The van der Waals surface area contributed by atoms with Gasteiger partial charge in [-0.3, -0.25) is 0 Å². The number of aliphatic hydroxyl groups is 1. The van der Waals surface area contributed by atoms with Gasteiger partial charge in [-0.25, -0.2) is 8.78 Å². The highest BCUT2D eigenvalue weighted by Gasteiger charge is 2.41. The molecule has 0 saturated heterocycles. The number of rotatable bonds is 2. The van der Waals surface area contributed by atoms with Crippen molar-refractivity contribution in [3.05, 3.63) is 35.4 Å². The predicted octanol–water partition coefficient (Wildman–Crippen LogP) is 3.08. The van der Waals surface area contributed by atoms with E-state index in [1.165, 1.54) is 0 Å². The molecule has 1 aliphatic rings. The summed E-state index contributed by atoms with van der Waals surface area (Å²) in [4.78, 5) is 0. The van der Waals surface area contributed by atoms with Crippen LogP contribution in [0.2, 0.25) is 0 Å². The number of hydrogen-bond acceptors (Lipinski definition) is 2. The first-order valence-corrected chi connectivity index (χ1v) is 5.63. The van der Waals surface area contributed by atoms with E-state index in [0.717, 1.165) is 31.0 Å². The predicted molar refractivity (Wildman–Crippen MR) is 57.8 cm³/mol. The van der Waals surface area contributed by atoms with Gasteiger partial charge < -0.3 is 5.11 Å². The minimum Gasteiger partial charge on any atom is -0.387 e. The van der Waals surface area contributed by atoms with Crippen LogP contribution in [0.1, 0.15) is 37.4 Å². The van der Waals surface area contributed by atoms with Crippen LogP contribution in [0.15, 0.2) is 18.2 Å². The Bertz CT molecular complexity index is 441. The molecule has 0 radical (unpaired) electrons. The summed E-state index contributed by atoms with van der Waals surface area (Å²) in [5.74, 6) is -1.46. The van der Waals surface area contributed by atoms with Crippen LogP contribution < -0.4 is 0 Å². The van der Waals surface area contributed by atoms with Crippen molar-refractivity contribution < 1.29 is 13.9 Å². The summed E-state index contributed by atoms with van der Waals surface area (Å²) >= 11 is 0. The molecule has 90 valence electrons. The first-order chi connectivity index (χ1) is 8.07. The molecule has 0 amide bonds. The summed E-state index contributed by atoms with van der Waals surface area (Å²) in [6, 6.07) is 5.05. The molecule has 0 spiro atoms. The third-order valence-corrected chi connectivity index (χ3v) is 3.44. The molecule has 17 heavy (non-hydrogen) atoms. The highest BCUT2D eigenvalue weighted by atomic mass is 19.1. The molecule has 2 nitrogen and oxygen atoms in total. The molecule has 1 fully saturated rings. The average molecular weight is 237 g/mol. The highest BCUT2D eigenvalue weighted by Crippen LogP contribution is 2.47. The van der Waals surface area contributed by atoms with Crippen LogP contribution >= 0.6 is 0 Å². The lowest BCUT2D eigenvalue weighted by molar-refractivity contribution is 0.0665. The number of hydrogen-bond donors (Lipinski definition) is 1. The lowest BCUT2D eigenvalue weighted by atomic mass is 9.79. The summed E-state index contributed by atoms with van der Waals surface area (Å²) in [6.07, 6.45) is 1.75. The van der Waals surface area contributed by atoms with Gasteiger partial charge in [-0.2, -0.15) is 5.26 Å². The summed E-state index contributed by atoms with van der Waals surface area (Å²) in [5, 5.41) is 19.4. The van der Waals surface area contributed by atoms with Gasteiger partial charge in [0.25, 0.3) is 0 Å². The summed E-state index contributed by atoms with van der Waals surface area (Å²) < 4.78 is 26.1. The summed E-state index contributed by atoms with van der Waals surface area (Å²) in [7, 11) is 0. The van der Waals surface area contributed by atoms with Crippen LogP contribution in [0, 0.1) is 28.4 Å². The van der Waals surface area contributed by atoms with Crippen molar-refractivity contribution in [1.82, 2.24) is 0 Å². The molecule has 1 atom stereocenters. The molecule has 0 bridgehead atoms. The number of nitrogens with zero attached hydrogens (tertiary/aromatic N) is 1. The van der Waals surface area contributed by atoms with Crippen molar-refractivity contribution in [2.75, 3.05) is 0 Å². The van der Waals surface area contributed by atoms with E-state index in [1.54, 1.807) is 0 Å². The third-order valence-electron chi connectivity index (χ3n) is 3.44. The number of halogens is 2. The largest absolute Gasteiger partial charge is 0.387 e. The maximum Gasteiger partial charge on any atom is 0.126 e. The molecular weight excluding hydrogens is 224 g/mol. The van der Waals surface area contributed by atoms with Gasteiger partial charge in [-0.15, -0.1) is 0 Å². The monoisotopic (exact) mass is 237 g/mol. The zero-order chi connectivity index (χ0) is 12.5. The van der Waals surface area contributed by atoms with Crippen LogP contribution in [0.3, 0.4) is 0 Å². The van der Waals surface area contributed by atoms with Crippen LogP contribution in [0.4, 0.5) is 8.78 Å². The average Bonchev–Trinajstić information content (AvgIpc) is 2.76. The van der Waals surface area contributed by atoms with Crippen molar-refractivity contribution in [2.24, 2.45) is 5.41 Å². The Balaban J connectivity index is 2.36. The first-order valence-electron chi connectivity index (χ1n) is 5.63. The van der Waals surface area contributed by atoms with E-state index in [2.05, 4.69) is 6.07 Å². The van der Waals surface area contributed by atoms with E-state index < -0.39 is 23.2 Å². The molecule has 1 N–H and O–H groups in total. The molecule has 1 aromatic rings. The second kappa shape index (κ2) is 4.42. The maximum absolute atomic E-state index is 13.1. The van der Waals surface area contributed by atoms with E-state index in [1.807, 2.05) is 0 Å². The van der Waals surface area contributed by atoms with Gasteiger partial charge in [0, 0.05) is 6.07 Å². The highest BCUT2D eigenvalue weighted by molar-refractivity contribution is 5.25. The van der Waals surface area contributed by atoms with Gasteiger partial charge in [-0.05, 0) is 30.5 Å². The van der Waals surface area contributed by atoms with E-state index in [4.69, 9.17) is 0 Å². The molecule has 4 heteroatoms. The standard InChI is InChI=1S/C13H13F2NO/c14-10-5-9(6-11(15)7-10)12(17)13(8-16)3-1-2-4-13/h5-7,12,17H,1-4H2. The molecule has 1 aliphatic carbocycles. The minimum atomic E-state index is -1.12. The maximum atomic E-state index is 13.1. The van der Waals surface area contributed by atoms with Crippen LogP contribution in [0.25, 0.3) is 0 Å². The number of nitriles is 1. The lowest BCUT2D eigenvalue weighted by Crippen LogP contribution is -2.24.